The first-order valence-corrected chi connectivity index (χ1v) is 4.92. The summed E-state index contributed by atoms with van der Waals surface area (Å²) in [7, 11) is 0. The zero-order valence-corrected chi connectivity index (χ0v) is 9.42. The molecule has 4 heteroatoms. The lowest BCUT2D eigenvalue weighted by Gasteiger charge is -2.45. The van der Waals surface area contributed by atoms with Gasteiger partial charge >= 0.3 is 0 Å². The van der Waals surface area contributed by atoms with E-state index in [0.29, 0.717) is 0 Å². The molecule has 0 radical (unpaired) electrons. The third-order valence-corrected chi connectivity index (χ3v) is 2.63. The van der Waals surface area contributed by atoms with Crippen molar-refractivity contribution in [3.05, 3.63) is 0 Å². The Kier molecular flexibility index (Phi) is 2.56. The molecular weight excluding hydrogens is 180 g/mol. The molecule has 1 unspecified atom stereocenters. The van der Waals surface area contributed by atoms with Crippen LogP contribution in [0.25, 0.3) is 0 Å². The standard InChI is InChI=1S/C10H18N2O2/c1-6(2)12-8(13)7(3)11-9(14)10(12,4)5/h6-7H,1-5H3,(H,11,14). The number of carbonyl (C=O) groups is 2. The van der Waals surface area contributed by atoms with Crippen LogP contribution in [0.15, 0.2) is 0 Å². The molecule has 0 bridgehead atoms. The molecule has 0 aromatic carbocycles. The first-order valence-electron chi connectivity index (χ1n) is 4.92. The predicted octanol–water partition coefficient (Wildman–Crippen LogP) is 0.520. The second kappa shape index (κ2) is 3.26. The summed E-state index contributed by atoms with van der Waals surface area (Å²) in [6.07, 6.45) is 0. The monoisotopic (exact) mass is 198 g/mol. The molecule has 4 nitrogen and oxygen atoms in total. The highest BCUT2D eigenvalue weighted by molar-refractivity contribution is 5.99. The van der Waals surface area contributed by atoms with E-state index >= 15 is 0 Å². The number of nitrogens with zero attached hydrogens (tertiary/aromatic N) is 1. The van der Waals surface area contributed by atoms with Crippen molar-refractivity contribution in [2.75, 3.05) is 0 Å². The van der Waals surface area contributed by atoms with Gasteiger partial charge in [0.25, 0.3) is 0 Å². The zero-order valence-electron chi connectivity index (χ0n) is 9.42. The van der Waals surface area contributed by atoms with Gasteiger partial charge in [-0.3, -0.25) is 9.59 Å². The topological polar surface area (TPSA) is 49.4 Å². The Balaban J connectivity index is 3.06. The Hall–Kier alpha value is -1.06. The Morgan fingerprint density at radius 3 is 2.29 bits per heavy atom. The average Bonchev–Trinajstić information content (AvgIpc) is 2.00. The Morgan fingerprint density at radius 2 is 1.86 bits per heavy atom. The highest BCUT2D eigenvalue weighted by atomic mass is 16.2. The SMILES string of the molecule is CC1NC(=O)C(C)(C)N(C(C)C)C1=O. The molecule has 1 saturated heterocycles. The molecule has 1 aliphatic heterocycles. The lowest BCUT2D eigenvalue weighted by atomic mass is 9.94. The largest absolute Gasteiger partial charge is 0.343 e. The molecule has 0 spiro atoms. The molecule has 0 saturated carbocycles. The second-order valence-corrected chi connectivity index (χ2v) is 4.56. The molecule has 0 aromatic heterocycles. The van der Waals surface area contributed by atoms with Gasteiger partial charge < -0.3 is 10.2 Å². The number of hydrogen-bond donors (Lipinski definition) is 1. The van der Waals surface area contributed by atoms with Crippen molar-refractivity contribution in [1.29, 1.82) is 0 Å². The highest BCUT2D eigenvalue weighted by Gasteiger charge is 2.45. The molecule has 14 heavy (non-hydrogen) atoms. The minimum absolute atomic E-state index is 0.00963. The predicted molar refractivity (Wildman–Crippen MR) is 53.7 cm³/mol. The van der Waals surface area contributed by atoms with Crippen molar-refractivity contribution in [1.82, 2.24) is 10.2 Å². The molecule has 80 valence electrons. The summed E-state index contributed by atoms with van der Waals surface area (Å²) in [5, 5.41) is 2.67. The highest BCUT2D eigenvalue weighted by Crippen LogP contribution is 2.23. The number of rotatable bonds is 1. The van der Waals surface area contributed by atoms with Crippen LogP contribution in [-0.4, -0.2) is 34.3 Å². The molecule has 1 atom stereocenters. The molecule has 1 aliphatic rings. The Labute approximate surface area is 84.7 Å². The maximum atomic E-state index is 11.8. The van der Waals surface area contributed by atoms with E-state index in [-0.39, 0.29) is 17.9 Å². The van der Waals surface area contributed by atoms with Crippen molar-refractivity contribution in [2.24, 2.45) is 0 Å². The summed E-state index contributed by atoms with van der Waals surface area (Å²) in [5.41, 5.74) is -0.738. The lowest BCUT2D eigenvalue weighted by Crippen LogP contribution is -2.69. The molecule has 0 aliphatic carbocycles. The summed E-state index contributed by atoms with van der Waals surface area (Å²) in [6, 6.07) is -0.357. The molecule has 2 amide bonds. The lowest BCUT2D eigenvalue weighted by molar-refractivity contribution is -0.157. The van der Waals surface area contributed by atoms with E-state index in [4.69, 9.17) is 0 Å². The fourth-order valence-electron chi connectivity index (χ4n) is 1.93. The third kappa shape index (κ3) is 1.49. The molecule has 0 aromatic rings. The van der Waals surface area contributed by atoms with Crippen LogP contribution >= 0.6 is 0 Å². The second-order valence-electron chi connectivity index (χ2n) is 4.56. The number of nitrogens with one attached hydrogen (secondary N) is 1. The first kappa shape index (κ1) is 11.0. The van der Waals surface area contributed by atoms with Gasteiger partial charge in [-0.1, -0.05) is 0 Å². The third-order valence-electron chi connectivity index (χ3n) is 2.63. The Morgan fingerprint density at radius 1 is 1.36 bits per heavy atom. The fourth-order valence-corrected chi connectivity index (χ4v) is 1.93. The van der Waals surface area contributed by atoms with Crippen LogP contribution < -0.4 is 5.32 Å². The van der Waals surface area contributed by atoms with Crippen LogP contribution in [0.2, 0.25) is 0 Å². The number of amides is 2. The van der Waals surface area contributed by atoms with Crippen molar-refractivity contribution in [3.63, 3.8) is 0 Å². The summed E-state index contributed by atoms with van der Waals surface area (Å²) >= 11 is 0. The van der Waals surface area contributed by atoms with Crippen molar-refractivity contribution in [2.45, 2.75) is 52.2 Å². The van der Waals surface area contributed by atoms with Gasteiger partial charge in [-0.2, -0.15) is 0 Å². The van der Waals surface area contributed by atoms with Gasteiger partial charge in [-0.25, -0.2) is 0 Å². The van der Waals surface area contributed by atoms with E-state index < -0.39 is 11.6 Å². The van der Waals surface area contributed by atoms with Gasteiger partial charge in [0, 0.05) is 6.04 Å². The van der Waals surface area contributed by atoms with Gasteiger partial charge in [0.1, 0.15) is 11.6 Å². The maximum Gasteiger partial charge on any atom is 0.246 e. The number of hydrogen-bond acceptors (Lipinski definition) is 2. The zero-order chi connectivity index (χ0) is 11.1. The van der Waals surface area contributed by atoms with E-state index in [1.54, 1.807) is 25.7 Å². The quantitative estimate of drug-likeness (QED) is 0.667. The van der Waals surface area contributed by atoms with Crippen LogP contribution in [0.3, 0.4) is 0 Å². The van der Waals surface area contributed by atoms with E-state index in [9.17, 15) is 9.59 Å². The normalized spacial score (nSPS) is 26.7. The van der Waals surface area contributed by atoms with Crippen LogP contribution in [0.4, 0.5) is 0 Å². The molecule has 1 fully saturated rings. The van der Waals surface area contributed by atoms with Gasteiger partial charge in [-0.05, 0) is 34.6 Å². The summed E-state index contributed by atoms with van der Waals surface area (Å²) < 4.78 is 0. The Bertz CT molecular complexity index is 271. The van der Waals surface area contributed by atoms with Crippen molar-refractivity contribution < 1.29 is 9.59 Å². The van der Waals surface area contributed by atoms with Crippen LogP contribution in [0, 0.1) is 0 Å². The van der Waals surface area contributed by atoms with E-state index in [1.165, 1.54) is 0 Å². The smallest absolute Gasteiger partial charge is 0.246 e. The van der Waals surface area contributed by atoms with Crippen molar-refractivity contribution >= 4 is 11.8 Å². The molecule has 1 N–H and O–H groups in total. The minimum Gasteiger partial charge on any atom is -0.343 e. The molecule has 1 rings (SSSR count). The number of carbonyl (C=O) groups excluding carboxylic acids is 2. The van der Waals surface area contributed by atoms with Crippen molar-refractivity contribution in [3.8, 4) is 0 Å². The van der Waals surface area contributed by atoms with Crippen LogP contribution in [0.1, 0.15) is 34.6 Å². The van der Waals surface area contributed by atoms with Gasteiger partial charge in [-0.15, -0.1) is 0 Å². The van der Waals surface area contributed by atoms with Gasteiger partial charge in [0.05, 0.1) is 0 Å². The van der Waals surface area contributed by atoms with E-state index in [0.717, 1.165) is 0 Å². The molecular formula is C10H18N2O2. The maximum absolute atomic E-state index is 11.8. The average molecular weight is 198 g/mol. The summed E-state index contributed by atoms with van der Waals surface area (Å²) in [4.78, 5) is 25.2. The number of piperazine rings is 1. The first-order chi connectivity index (χ1) is 6.28. The van der Waals surface area contributed by atoms with Crippen LogP contribution in [0.5, 0.6) is 0 Å². The minimum atomic E-state index is -0.738. The molecule has 1 heterocycles. The van der Waals surface area contributed by atoms with E-state index in [1.807, 2.05) is 13.8 Å². The summed E-state index contributed by atoms with van der Waals surface area (Å²) in [5.74, 6) is -0.0945. The van der Waals surface area contributed by atoms with Crippen LogP contribution in [-0.2, 0) is 9.59 Å². The summed E-state index contributed by atoms with van der Waals surface area (Å²) in [6.45, 7) is 9.10. The fraction of sp³-hybridized carbons (Fsp3) is 0.800. The van der Waals surface area contributed by atoms with E-state index in [2.05, 4.69) is 5.32 Å². The van der Waals surface area contributed by atoms with Gasteiger partial charge in [0.15, 0.2) is 0 Å². The van der Waals surface area contributed by atoms with Gasteiger partial charge in [0.2, 0.25) is 11.8 Å².